The second kappa shape index (κ2) is 15.7. The second-order valence-electron chi connectivity index (χ2n) is 0.957. The van der Waals surface area contributed by atoms with Crippen LogP contribution in [-0.2, 0) is 0 Å². The minimum absolute atomic E-state index is 0. The number of rotatable bonds is 0. The predicted molar refractivity (Wildman–Crippen MR) is 33.8 cm³/mol. The largest absolute Gasteiger partial charge is 2.00 e. The molecule has 0 aromatic rings. The van der Waals surface area contributed by atoms with E-state index >= 15 is 0 Å². The third-order valence-corrected chi connectivity index (χ3v) is 0.427. The van der Waals surface area contributed by atoms with Crippen LogP contribution in [0.15, 0.2) is 0 Å². The average molecular weight is 185 g/mol. The topological polar surface area (TPSA) is 0 Å². The van der Waals surface area contributed by atoms with Gasteiger partial charge in [0.05, 0.1) is 0 Å². The van der Waals surface area contributed by atoms with Crippen molar-refractivity contribution in [3.05, 3.63) is 6.92 Å². The van der Waals surface area contributed by atoms with Crippen LogP contribution in [-0.4, -0.2) is 23.1 Å². The predicted octanol–water partition coefficient (Wildman–Crippen LogP) is -1.75. The summed E-state index contributed by atoms with van der Waals surface area (Å²) in [6.45, 7) is 5.58. The van der Waals surface area contributed by atoms with Gasteiger partial charge in [-0.15, -0.1) is 18.3 Å². The molecule has 0 aliphatic carbocycles. The fourth-order valence-corrected chi connectivity index (χ4v) is 0.213. The standard InChI is InChI=1S/C6H9.BrH.Mg/c1-3-5-6-4-2;;/h1,3-4H2,2H3;1H;/q-1;;+2/p-1. The van der Waals surface area contributed by atoms with Crippen molar-refractivity contribution < 1.29 is 17.0 Å². The van der Waals surface area contributed by atoms with E-state index in [9.17, 15) is 0 Å². The van der Waals surface area contributed by atoms with Crippen molar-refractivity contribution in [2.45, 2.75) is 19.8 Å². The van der Waals surface area contributed by atoms with Crippen molar-refractivity contribution in [3.63, 3.8) is 0 Å². The molecule has 0 bridgehead atoms. The third-order valence-electron chi connectivity index (χ3n) is 0.427. The Morgan fingerprint density at radius 1 is 1.38 bits per heavy atom. The first-order valence-electron chi connectivity index (χ1n) is 2.16. The van der Waals surface area contributed by atoms with E-state index in [1.807, 2.05) is 6.92 Å². The van der Waals surface area contributed by atoms with Crippen molar-refractivity contribution in [2.75, 3.05) is 0 Å². The molecule has 0 nitrogen and oxygen atoms in total. The monoisotopic (exact) mass is 184 g/mol. The summed E-state index contributed by atoms with van der Waals surface area (Å²) in [4.78, 5) is 0. The molecule has 0 aliphatic rings. The molecule has 0 unspecified atom stereocenters. The fourth-order valence-electron chi connectivity index (χ4n) is 0.213. The van der Waals surface area contributed by atoms with Gasteiger partial charge in [0.2, 0.25) is 0 Å². The molecule has 0 atom stereocenters. The Morgan fingerprint density at radius 2 is 1.88 bits per heavy atom. The van der Waals surface area contributed by atoms with Crippen molar-refractivity contribution >= 4 is 23.1 Å². The number of halogens is 1. The van der Waals surface area contributed by atoms with Crippen molar-refractivity contribution in [3.8, 4) is 11.8 Å². The van der Waals surface area contributed by atoms with E-state index in [0.29, 0.717) is 0 Å². The molecule has 0 fully saturated rings. The zero-order chi connectivity index (χ0) is 4.83. The smallest absolute Gasteiger partial charge is 1.00 e. The van der Waals surface area contributed by atoms with Gasteiger partial charge in [0, 0.05) is 6.42 Å². The van der Waals surface area contributed by atoms with Crippen molar-refractivity contribution in [1.82, 2.24) is 0 Å². The summed E-state index contributed by atoms with van der Waals surface area (Å²) in [5, 5.41) is 0. The minimum Gasteiger partial charge on any atom is -1.00 e. The molecule has 0 heterocycles. The van der Waals surface area contributed by atoms with E-state index in [2.05, 4.69) is 18.8 Å². The summed E-state index contributed by atoms with van der Waals surface area (Å²) in [7, 11) is 0. The van der Waals surface area contributed by atoms with Gasteiger partial charge >= 0.3 is 23.1 Å². The Labute approximate surface area is 78.3 Å². The van der Waals surface area contributed by atoms with E-state index in [4.69, 9.17) is 0 Å². The summed E-state index contributed by atoms with van der Waals surface area (Å²) in [5.74, 6) is 5.72. The van der Waals surface area contributed by atoms with E-state index in [1.165, 1.54) is 0 Å². The summed E-state index contributed by atoms with van der Waals surface area (Å²) in [6.07, 6.45) is 1.70. The van der Waals surface area contributed by atoms with Gasteiger partial charge in [-0.25, -0.2) is 0 Å². The van der Waals surface area contributed by atoms with Gasteiger partial charge in [-0.2, -0.15) is 0 Å². The zero-order valence-corrected chi connectivity index (χ0v) is 8.21. The van der Waals surface area contributed by atoms with Gasteiger partial charge in [0.25, 0.3) is 0 Å². The van der Waals surface area contributed by atoms with E-state index in [1.54, 1.807) is 0 Å². The van der Waals surface area contributed by atoms with Crippen LogP contribution in [0.3, 0.4) is 0 Å². The first-order chi connectivity index (χ1) is 2.91. The first kappa shape index (κ1) is 15.9. The molecule has 42 valence electrons. The minimum atomic E-state index is 0. The molecule has 0 saturated heterocycles. The maximum absolute atomic E-state index is 3.55. The van der Waals surface area contributed by atoms with Crippen LogP contribution >= 0.6 is 0 Å². The SMILES string of the molecule is [Br-].[CH2-]CC#CCC.[Mg+2]. The molecule has 0 rings (SSSR count). The number of hydrogen-bond acceptors (Lipinski definition) is 0. The molecule has 0 aliphatic heterocycles. The Balaban J connectivity index is -0.000000125. The molecule has 0 amide bonds. The molecule has 0 radical (unpaired) electrons. The van der Waals surface area contributed by atoms with Crippen LogP contribution in [0.4, 0.5) is 0 Å². The van der Waals surface area contributed by atoms with Crippen LogP contribution in [0.5, 0.6) is 0 Å². The molecule has 0 N–H and O–H groups in total. The third kappa shape index (κ3) is 15.8. The Kier molecular flexibility index (Phi) is 31.1. The van der Waals surface area contributed by atoms with E-state index in [-0.39, 0.29) is 40.0 Å². The van der Waals surface area contributed by atoms with Crippen LogP contribution in [0, 0.1) is 18.8 Å². The Bertz CT molecular complexity index is 62.3. The van der Waals surface area contributed by atoms with Gasteiger partial charge < -0.3 is 23.9 Å². The summed E-state index contributed by atoms with van der Waals surface area (Å²) in [6, 6.07) is 0. The number of hydrogen-bond donors (Lipinski definition) is 0. The Hall–Kier alpha value is 0.806. The van der Waals surface area contributed by atoms with E-state index in [0.717, 1.165) is 12.8 Å². The zero-order valence-electron chi connectivity index (χ0n) is 5.21. The van der Waals surface area contributed by atoms with Crippen LogP contribution in [0.1, 0.15) is 19.8 Å². The average Bonchev–Trinajstić information content (AvgIpc) is 1.61. The quantitative estimate of drug-likeness (QED) is 0.238. The maximum atomic E-state index is 3.55. The molecule has 8 heavy (non-hydrogen) atoms. The van der Waals surface area contributed by atoms with Crippen LogP contribution < -0.4 is 17.0 Å². The van der Waals surface area contributed by atoms with Crippen molar-refractivity contribution in [1.29, 1.82) is 0 Å². The molecule has 0 saturated carbocycles. The van der Waals surface area contributed by atoms with Crippen LogP contribution in [0.25, 0.3) is 0 Å². The molecule has 2 heteroatoms. The van der Waals surface area contributed by atoms with E-state index < -0.39 is 0 Å². The molecule has 0 spiro atoms. The fraction of sp³-hybridized carbons (Fsp3) is 0.500. The van der Waals surface area contributed by atoms with Gasteiger partial charge in [-0.1, -0.05) is 6.92 Å². The molecule has 0 aromatic heterocycles. The van der Waals surface area contributed by atoms with Gasteiger partial charge in [-0.05, 0) is 0 Å². The maximum Gasteiger partial charge on any atom is 2.00 e. The van der Waals surface area contributed by atoms with Gasteiger partial charge in [0.1, 0.15) is 0 Å². The Morgan fingerprint density at radius 3 is 2.00 bits per heavy atom. The summed E-state index contributed by atoms with van der Waals surface area (Å²) in [5.41, 5.74) is 0. The molecular formula is C6H9BrMg. The molecule has 0 aromatic carbocycles. The summed E-state index contributed by atoms with van der Waals surface area (Å²) >= 11 is 0. The van der Waals surface area contributed by atoms with Crippen molar-refractivity contribution in [2.24, 2.45) is 0 Å². The van der Waals surface area contributed by atoms with Crippen LogP contribution in [0.2, 0.25) is 0 Å². The van der Waals surface area contributed by atoms with Gasteiger partial charge in [0.15, 0.2) is 0 Å². The first-order valence-corrected chi connectivity index (χ1v) is 2.16. The van der Waals surface area contributed by atoms with Gasteiger partial charge in [-0.3, -0.25) is 0 Å². The molecular weight excluding hydrogens is 176 g/mol. The summed E-state index contributed by atoms with van der Waals surface area (Å²) < 4.78 is 0. The second-order valence-corrected chi connectivity index (χ2v) is 0.957. The normalized spacial score (nSPS) is 4.75.